The summed E-state index contributed by atoms with van der Waals surface area (Å²) in [5.41, 5.74) is 5.47. The highest BCUT2D eigenvalue weighted by Gasteiger charge is 2.20. The van der Waals surface area contributed by atoms with E-state index < -0.39 is 6.04 Å². The Bertz CT molecular complexity index is 1240. The number of hydrogen-bond acceptors (Lipinski definition) is 4. The monoisotopic (exact) mass is 435 g/mol. The van der Waals surface area contributed by atoms with Crippen LogP contribution < -0.4 is 10.6 Å². The van der Waals surface area contributed by atoms with Crippen LogP contribution in [0, 0.1) is 11.3 Å². The van der Waals surface area contributed by atoms with Crippen molar-refractivity contribution in [3.63, 3.8) is 0 Å². The van der Waals surface area contributed by atoms with Crippen LogP contribution in [0.15, 0.2) is 91.3 Å². The van der Waals surface area contributed by atoms with Gasteiger partial charge in [0.2, 0.25) is 5.91 Å². The number of aryl methyl sites for hydroxylation is 1. The number of nitrogens with zero attached hydrogens (tertiary/aromatic N) is 3. The molecule has 0 aliphatic rings. The fourth-order valence-electron chi connectivity index (χ4n) is 3.64. The molecule has 1 amide bonds. The Hall–Kier alpha value is -4.21. The molecule has 0 spiro atoms. The first-order valence-electron chi connectivity index (χ1n) is 10.8. The standard InChI is InChI=1S/C27H25N5O/c1-32-19-24(18-30-32)22-11-13-25(14-12-22)31-27(33)26(23-5-3-2-4-6-23)29-16-15-20-7-9-21(17-28)10-8-20/h2-14,18-19,26,29H,15-16H2,1H3,(H,31,33)/t26-/m0/s1. The molecular weight excluding hydrogens is 410 g/mol. The summed E-state index contributed by atoms with van der Waals surface area (Å²) in [4.78, 5) is 13.2. The molecule has 0 fully saturated rings. The highest BCUT2D eigenvalue weighted by molar-refractivity contribution is 5.95. The van der Waals surface area contributed by atoms with Crippen molar-refractivity contribution in [1.29, 1.82) is 5.26 Å². The van der Waals surface area contributed by atoms with E-state index in [4.69, 9.17) is 5.26 Å². The molecule has 0 saturated carbocycles. The number of carbonyl (C=O) groups excluding carboxylic acids is 1. The Morgan fingerprint density at radius 1 is 1.00 bits per heavy atom. The summed E-state index contributed by atoms with van der Waals surface area (Å²) in [5, 5.41) is 19.6. The van der Waals surface area contributed by atoms with Crippen LogP contribution in [0.3, 0.4) is 0 Å². The van der Waals surface area contributed by atoms with Crippen molar-refractivity contribution < 1.29 is 4.79 Å². The molecule has 1 aromatic heterocycles. The zero-order valence-electron chi connectivity index (χ0n) is 18.4. The number of hydrogen-bond donors (Lipinski definition) is 2. The zero-order chi connectivity index (χ0) is 23.0. The van der Waals surface area contributed by atoms with Crippen LogP contribution in [0.4, 0.5) is 5.69 Å². The van der Waals surface area contributed by atoms with Crippen molar-refractivity contribution in [1.82, 2.24) is 15.1 Å². The van der Waals surface area contributed by atoms with E-state index in [1.54, 1.807) is 4.68 Å². The normalized spacial score (nSPS) is 11.5. The average molecular weight is 436 g/mol. The van der Waals surface area contributed by atoms with Crippen LogP contribution in [-0.2, 0) is 18.3 Å². The molecule has 6 heteroatoms. The van der Waals surface area contributed by atoms with Crippen LogP contribution in [0.5, 0.6) is 0 Å². The van der Waals surface area contributed by atoms with Crippen molar-refractivity contribution in [2.75, 3.05) is 11.9 Å². The summed E-state index contributed by atoms with van der Waals surface area (Å²) in [6.07, 6.45) is 4.52. The molecule has 0 unspecified atom stereocenters. The number of benzene rings is 3. The van der Waals surface area contributed by atoms with E-state index in [1.807, 2.05) is 98.3 Å². The van der Waals surface area contributed by atoms with Crippen molar-refractivity contribution >= 4 is 11.6 Å². The molecule has 0 radical (unpaired) electrons. The third kappa shape index (κ3) is 5.73. The van der Waals surface area contributed by atoms with Crippen molar-refractivity contribution in [2.24, 2.45) is 7.05 Å². The molecule has 4 aromatic rings. The predicted octanol–water partition coefficient (Wildman–Crippen LogP) is 4.47. The molecule has 6 nitrogen and oxygen atoms in total. The molecule has 2 N–H and O–H groups in total. The third-order valence-corrected chi connectivity index (χ3v) is 5.43. The molecule has 0 aliphatic heterocycles. The second kappa shape index (κ2) is 10.4. The number of nitriles is 1. The first-order chi connectivity index (χ1) is 16.1. The van der Waals surface area contributed by atoms with Gasteiger partial charge in [-0.25, -0.2) is 0 Å². The lowest BCUT2D eigenvalue weighted by atomic mass is 10.0. The molecule has 164 valence electrons. The maximum atomic E-state index is 13.2. The topological polar surface area (TPSA) is 82.7 Å². The van der Waals surface area contributed by atoms with Gasteiger partial charge < -0.3 is 10.6 Å². The first kappa shape index (κ1) is 22.0. The van der Waals surface area contributed by atoms with E-state index in [-0.39, 0.29) is 5.91 Å². The molecule has 1 heterocycles. The highest BCUT2D eigenvalue weighted by Crippen LogP contribution is 2.22. The van der Waals surface area contributed by atoms with Crippen LogP contribution in [0.2, 0.25) is 0 Å². The van der Waals surface area contributed by atoms with Gasteiger partial charge in [-0.2, -0.15) is 10.4 Å². The summed E-state index contributed by atoms with van der Waals surface area (Å²) in [7, 11) is 1.89. The maximum Gasteiger partial charge on any atom is 0.246 e. The minimum Gasteiger partial charge on any atom is -0.324 e. The minimum absolute atomic E-state index is 0.116. The zero-order valence-corrected chi connectivity index (χ0v) is 18.4. The molecule has 4 rings (SSSR count). The van der Waals surface area contributed by atoms with Gasteiger partial charge in [-0.1, -0.05) is 54.6 Å². The predicted molar refractivity (Wildman–Crippen MR) is 129 cm³/mol. The number of aromatic nitrogens is 2. The SMILES string of the molecule is Cn1cc(-c2ccc(NC(=O)[C@@H](NCCc3ccc(C#N)cc3)c3ccccc3)cc2)cn1. The van der Waals surface area contributed by atoms with Crippen LogP contribution >= 0.6 is 0 Å². The van der Waals surface area contributed by atoms with E-state index >= 15 is 0 Å². The van der Waals surface area contributed by atoms with Gasteiger partial charge >= 0.3 is 0 Å². The van der Waals surface area contributed by atoms with Gasteiger partial charge in [-0.05, 0) is 47.4 Å². The van der Waals surface area contributed by atoms with E-state index in [1.165, 1.54) is 0 Å². The maximum absolute atomic E-state index is 13.2. The fraction of sp³-hybridized carbons (Fsp3) is 0.148. The van der Waals surface area contributed by atoms with Crippen molar-refractivity contribution in [3.05, 3.63) is 108 Å². The molecule has 0 aliphatic carbocycles. The van der Waals surface area contributed by atoms with Crippen LogP contribution in [0.1, 0.15) is 22.7 Å². The van der Waals surface area contributed by atoms with Crippen LogP contribution in [0.25, 0.3) is 11.1 Å². The summed E-state index contributed by atoms with van der Waals surface area (Å²) < 4.78 is 1.76. The van der Waals surface area contributed by atoms with E-state index in [0.29, 0.717) is 12.1 Å². The lowest BCUT2D eigenvalue weighted by Crippen LogP contribution is -2.34. The number of nitrogens with one attached hydrogen (secondary N) is 2. The second-order valence-electron chi connectivity index (χ2n) is 7.83. The Balaban J connectivity index is 1.42. The van der Waals surface area contributed by atoms with Gasteiger partial charge in [0.15, 0.2) is 0 Å². The van der Waals surface area contributed by atoms with Crippen molar-refractivity contribution in [3.8, 4) is 17.2 Å². The van der Waals surface area contributed by atoms with Gasteiger partial charge in [0, 0.05) is 31.0 Å². The Morgan fingerprint density at radius 2 is 1.73 bits per heavy atom. The molecule has 0 bridgehead atoms. The van der Waals surface area contributed by atoms with Gasteiger partial charge in [0.25, 0.3) is 0 Å². The average Bonchev–Trinajstić information content (AvgIpc) is 3.29. The summed E-state index contributed by atoms with van der Waals surface area (Å²) >= 11 is 0. The molecule has 1 atom stereocenters. The third-order valence-electron chi connectivity index (χ3n) is 5.43. The Kier molecular flexibility index (Phi) is 6.93. The van der Waals surface area contributed by atoms with E-state index in [9.17, 15) is 4.79 Å². The highest BCUT2D eigenvalue weighted by atomic mass is 16.2. The minimum atomic E-state index is -0.484. The molecule has 3 aromatic carbocycles. The molecule has 0 saturated heterocycles. The summed E-state index contributed by atoms with van der Waals surface area (Å²) in [6, 6.07) is 26.6. The molecular formula is C27H25N5O. The second-order valence-corrected chi connectivity index (χ2v) is 7.83. The Morgan fingerprint density at radius 3 is 2.36 bits per heavy atom. The van der Waals surface area contributed by atoms with Gasteiger partial charge in [-0.15, -0.1) is 0 Å². The smallest absolute Gasteiger partial charge is 0.246 e. The lowest BCUT2D eigenvalue weighted by molar-refractivity contribution is -0.118. The number of anilines is 1. The number of rotatable bonds is 8. The van der Waals surface area contributed by atoms with Gasteiger partial charge in [-0.3, -0.25) is 9.48 Å². The fourth-order valence-corrected chi connectivity index (χ4v) is 3.64. The number of carbonyl (C=O) groups is 1. The van der Waals surface area contributed by atoms with Gasteiger partial charge in [0.05, 0.1) is 17.8 Å². The first-order valence-corrected chi connectivity index (χ1v) is 10.8. The lowest BCUT2D eigenvalue weighted by Gasteiger charge is -2.19. The summed E-state index contributed by atoms with van der Waals surface area (Å²) in [6.45, 7) is 0.624. The summed E-state index contributed by atoms with van der Waals surface area (Å²) in [5.74, 6) is -0.116. The quantitative estimate of drug-likeness (QED) is 0.428. The van der Waals surface area contributed by atoms with E-state index in [0.717, 1.165) is 34.4 Å². The number of amides is 1. The van der Waals surface area contributed by atoms with Crippen LogP contribution in [-0.4, -0.2) is 22.2 Å². The van der Waals surface area contributed by atoms with E-state index in [2.05, 4.69) is 21.8 Å². The largest absolute Gasteiger partial charge is 0.324 e. The Labute approximate surface area is 193 Å². The van der Waals surface area contributed by atoms with Crippen molar-refractivity contribution in [2.45, 2.75) is 12.5 Å². The molecule has 33 heavy (non-hydrogen) atoms. The van der Waals surface area contributed by atoms with Gasteiger partial charge in [0.1, 0.15) is 6.04 Å².